The molecule has 1 saturated heterocycles. The number of aliphatic hydroxyl groups is 1. The van der Waals surface area contributed by atoms with Gasteiger partial charge in [-0.05, 0) is 42.0 Å². The number of hydrogen-bond acceptors (Lipinski definition) is 4. The monoisotopic (exact) mass is 421 g/mol. The number of ketones is 1. The first-order chi connectivity index (χ1) is 14.6. The average Bonchev–Trinajstić information content (AvgIpc) is 2.97. The molecule has 0 radical (unpaired) electrons. The average molecular weight is 422 g/mol. The quantitative estimate of drug-likeness (QED) is 0.433. The molecule has 0 spiro atoms. The molecule has 5 heteroatoms. The molecule has 164 valence electrons. The number of likely N-dealkylation sites (tertiary alicyclic amines) is 1. The molecule has 1 atom stereocenters. The van der Waals surface area contributed by atoms with E-state index >= 15 is 0 Å². The highest BCUT2D eigenvalue weighted by Gasteiger charge is 2.46. The third-order valence-corrected chi connectivity index (χ3v) is 5.82. The fourth-order valence-electron chi connectivity index (χ4n) is 3.95. The minimum atomic E-state index is -0.667. The van der Waals surface area contributed by atoms with Gasteiger partial charge in [0.1, 0.15) is 5.76 Å². The molecule has 3 rings (SSSR count). The maximum Gasteiger partial charge on any atom is 0.295 e. The molecule has 0 aromatic heterocycles. The Balaban J connectivity index is 2.19. The maximum absolute atomic E-state index is 13.0. The van der Waals surface area contributed by atoms with Crippen molar-refractivity contribution < 1.29 is 19.4 Å². The topological polar surface area (TPSA) is 66.8 Å². The molecule has 0 saturated carbocycles. The number of aliphatic hydroxyl groups excluding tert-OH is 1. The number of amides is 1. The third kappa shape index (κ3) is 4.42. The van der Waals surface area contributed by atoms with E-state index in [1.807, 2.05) is 56.3 Å². The summed E-state index contributed by atoms with van der Waals surface area (Å²) in [5.41, 5.74) is 4.42. The summed E-state index contributed by atoms with van der Waals surface area (Å²) in [5.74, 6) is -1.42. The van der Waals surface area contributed by atoms with Crippen molar-refractivity contribution in [3.05, 3.63) is 75.9 Å². The molecular weight excluding hydrogens is 390 g/mol. The van der Waals surface area contributed by atoms with Crippen LogP contribution in [0.2, 0.25) is 0 Å². The Morgan fingerprint density at radius 1 is 1.06 bits per heavy atom. The second kappa shape index (κ2) is 8.67. The molecule has 1 fully saturated rings. The number of carbonyl (C=O) groups excluding carboxylic acids is 2. The highest BCUT2D eigenvalue weighted by Crippen LogP contribution is 2.40. The van der Waals surface area contributed by atoms with Gasteiger partial charge in [0.15, 0.2) is 0 Å². The number of aryl methyl sites for hydroxylation is 2. The van der Waals surface area contributed by atoms with Crippen molar-refractivity contribution in [2.45, 2.75) is 46.1 Å². The van der Waals surface area contributed by atoms with Crippen molar-refractivity contribution in [2.24, 2.45) is 0 Å². The van der Waals surface area contributed by atoms with Gasteiger partial charge in [-0.25, -0.2) is 0 Å². The Kier molecular flexibility index (Phi) is 6.37. The van der Waals surface area contributed by atoms with Gasteiger partial charge in [-0.1, -0.05) is 62.7 Å². The lowest BCUT2D eigenvalue weighted by atomic mass is 9.85. The van der Waals surface area contributed by atoms with Gasteiger partial charge in [-0.3, -0.25) is 9.59 Å². The SMILES string of the molecule is COCCN1C(=O)C(=O)C(=C(O)c2cc(C)ccc2C)C1c1ccc(C(C)(C)C)cc1. The fraction of sp³-hybridized carbons (Fsp3) is 0.385. The number of benzene rings is 2. The van der Waals surface area contributed by atoms with E-state index in [-0.39, 0.29) is 23.3 Å². The van der Waals surface area contributed by atoms with Crippen molar-refractivity contribution in [1.29, 1.82) is 0 Å². The van der Waals surface area contributed by atoms with Crippen LogP contribution in [0.3, 0.4) is 0 Å². The molecule has 1 amide bonds. The van der Waals surface area contributed by atoms with Crippen LogP contribution in [0, 0.1) is 13.8 Å². The Bertz CT molecular complexity index is 1030. The van der Waals surface area contributed by atoms with Crippen molar-refractivity contribution in [2.75, 3.05) is 20.3 Å². The first-order valence-corrected chi connectivity index (χ1v) is 10.5. The Labute approximate surface area is 184 Å². The van der Waals surface area contributed by atoms with Crippen LogP contribution < -0.4 is 0 Å². The lowest BCUT2D eigenvalue weighted by Crippen LogP contribution is -2.32. The maximum atomic E-state index is 13.0. The zero-order chi connectivity index (χ0) is 22.9. The van der Waals surface area contributed by atoms with E-state index in [1.165, 1.54) is 4.90 Å². The van der Waals surface area contributed by atoms with E-state index in [9.17, 15) is 14.7 Å². The molecule has 5 nitrogen and oxygen atoms in total. The summed E-state index contributed by atoms with van der Waals surface area (Å²) < 4.78 is 5.17. The van der Waals surface area contributed by atoms with Gasteiger partial charge in [0, 0.05) is 19.2 Å². The highest BCUT2D eigenvalue weighted by molar-refractivity contribution is 6.46. The summed E-state index contributed by atoms with van der Waals surface area (Å²) >= 11 is 0. The van der Waals surface area contributed by atoms with E-state index in [4.69, 9.17) is 4.74 Å². The zero-order valence-electron chi connectivity index (χ0n) is 19.2. The molecule has 1 unspecified atom stereocenters. The van der Waals surface area contributed by atoms with Crippen LogP contribution in [0.1, 0.15) is 54.6 Å². The molecule has 2 aromatic carbocycles. The lowest BCUT2D eigenvalue weighted by Gasteiger charge is -2.26. The van der Waals surface area contributed by atoms with E-state index < -0.39 is 17.7 Å². The smallest absolute Gasteiger partial charge is 0.295 e. The van der Waals surface area contributed by atoms with Gasteiger partial charge < -0.3 is 14.7 Å². The predicted molar refractivity (Wildman–Crippen MR) is 122 cm³/mol. The van der Waals surface area contributed by atoms with Gasteiger partial charge in [-0.15, -0.1) is 0 Å². The van der Waals surface area contributed by atoms with Gasteiger partial charge in [0.2, 0.25) is 0 Å². The molecule has 1 N–H and O–H groups in total. The predicted octanol–water partition coefficient (Wildman–Crippen LogP) is 4.67. The van der Waals surface area contributed by atoms with Crippen molar-refractivity contribution in [3.8, 4) is 0 Å². The van der Waals surface area contributed by atoms with E-state index in [2.05, 4.69) is 20.8 Å². The first-order valence-electron chi connectivity index (χ1n) is 10.5. The zero-order valence-corrected chi connectivity index (χ0v) is 19.2. The summed E-state index contributed by atoms with van der Waals surface area (Å²) in [6.07, 6.45) is 0. The Morgan fingerprint density at radius 2 is 1.71 bits per heavy atom. The largest absolute Gasteiger partial charge is 0.507 e. The van der Waals surface area contributed by atoms with Crippen LogP contribution in [0.15, 0.2) is 48.0 Å². The van der Waals surface area contributed by atoms with E-state index in [0.717, 1.165) is 22.3 Å². The minimum Gasteiger partial charge on any atom is -0.507 e. The van der Waals surface area contributed by atoms with Crippen LogP contribution in [0.4, 0.5) is 0 Å². The number of nitrogens with zero attached hydrogens (tertiary/aromatic N) is 1. The van der Waals surface area contributed by atoms with E-state index in [1.54, 1.807) is 7.11 Å². The van der Waals surface area contributed by atoms with Gasteiger partial charge in [0.05, 0.1) is 18.2 Å². The van der Waals surface area contributed by atoms with Crippen LogP contribution in [-0.2, 0) is 19.7 Å². The number of methoxy groups -OCH3 is 1. The van der Waals surface area contributed by atoms with Crippen molar-refractivity contribution in [1.82, 2.24) is 4.90 Å². The van der Waals surface area contributed by atoms with Crippen LogP contribution >= 0.6 is 0 Å². The third-order valence-electron chi connectivity index (χ3n) is 5.82. The highest BCUT2D eigenvalue weighted by atomic mass is 16.5. The standard InChI is InChI=1S/C26H31NO4/c1-16-7-8-17(2)20(15-16)23(28)21-22(27(13-14-31-6)25(30)24(21)29)18-9-11-19(12-10-18)26(3,4)5/h7-12,15,22,28H,13-14H2,1-6H3. The number of ether oxygens (including phenoxy) is 1. The molecule has 2 aromatic rings. The second-order valence-electron chi connectivity index (χ2n) is 9.18. The number of carbonyl (C=O) groups is 2. The van der Waals surface area contributed by atoms with Crippen LogP contribution in [0.5, 0.6) is 0 Å². The summed E-state index contributed by atoms with van der Waals surface area (Å²) in [6, 6.07) is 12.9. The van der Waals surface area contributed by atoms with E-state index in [0.29, 0.717) is 12.2 Å². The number of hydrogen-bond donors (Lipinski definition) is 1. The van der Waals surface area contributed by atoms with Crippen molar-refractivity contribution >= 4 is 17.4 Å². The second-order valence-corrected chi connectivity index (χ2v) is 9.18. The minimum absolute atomic E-state index is 0.0188. The van der Waals surface area contributed by atoms with Gasteiger partial charge in [0.25, 0.3) is 11.7 Å². The fourth-order valence-corrected chi connectivity index (χ4v) is 3.95. The summed E-state index contributed by atoms with van der Waals surface area (Å²) in [5, 5.41) is 11.2. The number of Topliss-reactive ketones (excluding diaryl/α,β-unsaturated/α-hetero) is 1. The molecule has 0 bridgehead atoms. The van der Waals surface area contributed by atoms with Crippen molar-refractivity contribution in [3.63, 3.8) is 0 Å². The van der Waals surface area contributed by atoms with Crippen LogP contribution in [0.25, 0.3) is 5.76 Å². The first kappa shape index (κ1) is 22.8. The molecule has 1 heterocycles. The molecule has 31 heavy (non-hydrogen) atoms. The normalized spacial score (nSPS) is 18.6. The number of rotatable bonds is 5. The molecule has 1 aliphatic heterocycles. The molecule has 0 aliphatic carbocycles. The molecular formula is C26H31NO4. The van der Waals surface area contributed by atoms with Gasteiger partial charge >= 0.3 is 0 Å². The summed E-state index contributed by atoms with van der Waals surface area (Å²) in [4.78, 5) is 27.4. The summed E-state index contributed by atoms with van der Waals surface area (Å²) in [6.45, 7) is 10.8. The molecule has 1 aliphatic rings. The van der Waals surface area contributed by atoms with Crippen LogP contribution in [-0.4, -0.2) is 42.0 Å². The Hall–Kier alpha value is -2.92. The summed E-state index contributed by atoms with van der Waals surface area (Å²) in [7, 11) is 1.56. The Morgan fingerprint density at radius 3 is 2.29 bits per heavy atom. The van der Waals surface area contributed by atoms with Gasteiger partial charge in [-0.2, -0.15) is 0 Å². The lowest BCUT2D eigenvalue weighted by molar-refractivity contribution is -0.140.